The number of fused-ring (bicyclic) bond motifs is 2. The van der Waals surface area contributed by atoms with E-state index >= 15 is 0 Å². The van der Waals surface area contributed by atoms with E-state index in [0.29, 0.717) is 5.56 Å². The summed E-state index contributed by atoms with van der Waals surface area (Å²) in [6.45, 7) is 0.254. The van der Waals surface area contributed by atoms with E-state index in [2.05, 4.69) is 16.7 Å². The quantitative estimate of drug-likeness (QED) is 0.433. The summed E-state index contributed by atoms with van der Waals surface area (Å²) < 4.78 is 26.2. The number of amides is 2. The van der Waals surface area contributed by atoms with Crippen LogP contribution in [0.5, 0.6) is 0 Å². The van der Waals surface area contributed by atoms with Crippen LogP contribution >= 0.6 is 0 Å². The molecule has 0 saturated carbocycles. The molecular formula is C28H19N3O4S. The fourth-order valence-electron chi connectivity index (χ4n) is 4.07. The first kappa shape index (κ1) is 23.0. The van der Waals surface area contributed by atoms with E-state index in [0.717, 1.165) is 16.7 Å². The molecule has 36 heavy (non-hydrogen) atoms. The van der Waals surface area contributed by atoms with Gasteiger partial charge in [-0.15, -0.1) is 0 Å². The number of hydrogen-bond donors (Lipinski definition) is 2. The number of nitrogens with zero attached hydrogens (tertiary/aromatic N) is 1. The number of carbonyl (C=O) groups is 2. The van der Waals surface area contributed by atoms with Gasteiger partial charge in [0.2, 0.25) is 9.84 Å². The molecule has 0 bridgehead atoms. The van der Waals surface area contributed by atoms with Crippen molar-refractivity contribution in [1.82, 2.24) is 5.32 Å². The maximum absolute atomic E-state index is 13.1. The van der Waals surface area contributed by atoms with Crippen molar-refractivity contribution in [2.45, 2.75) is 16.3 Å². The van der Waals surface area contributed by atoms with Gasteiger partial charge in [-0.25, -0.2) is 8.42 Å². The number of nitriles is 1. The van der Waals surface area contributed by atoms with Gasteiger partial charge < -0.3 is 10.6 Å². The Morgan fingerprint density at radius 3 is 2.42 bits per heavy atom. The molecule has 0 spiro atoms. The largest absolute Gasteiger partial charge is 0.348 e. The first-order valence-electron chi connectivity index (χ1n) is 11.0. The highest BCUT2D eigenvalue weighted by Crippen LogP contribution is 2.34. The Kier molecular flexibility index (Phi) is 5.84. The fourth-order valence-corrected chi connectivity index (χ4v) is 5.66. The second-order valence-corrected chi connectivity index (χ2v) is 10.1. The molecule has 1 aliphatic rings. The molecule has 4 aromatic rings. The van der Waals surface area contributed by atoms with Crippen molar-refractivity contribution in [1.29, 1.82) is 5.26 Å². The molecule has 8 heteroatoms. The van der Waals surface area contributed by atoms with Crippen LogP contribution in [0.2, 0.25) is 0 Å². The maximum Gasteiger partial charge on any atom is 0.257 e. The number of carbonyl (C=O) groups excluding carboxylic acids is 2. The van der Waals surface area contributed by atoms with Crippen LogP contribution in [-0.4, -0.2) is 20.2 Å². The number of sulfone groups is 1. The monoisotopic (exact) mass is 493 g/mol. The van der Waals surface area contributed by atoms with Gasteiger partial charge in [-0.2, -0.15) is 5.26 Å². The molecule has 0 aliphatic carbocycles. The molecule has 2 N–H and O–H groups in total. The minimum atomic E-state index is -3.93. The number of rotatable bonds is 4. The van der Waals surface area contributed by atoms with Gasteiger partial charge in [-0.1, -0.05) is 48.5 Å². The molecule has 0 atom stereocenters. The van der Waals surface area contributed by atoms with Crippen LogP contribution in [0, 0.1) is 11.3 Å². The lowest BCUT2D eigenvalue weighted by molar-refractivity contribution is 0.0949. The van der Waals surface area contributed by atoms with Crippen molar-refractivity contribution in [3.8, 4) is 17.2 Å². The van der Waals surface area contributed by atoms with Crippen molar-refractivity contribution < 1.29 is 18.0 Å². The number of anilines is 1. The normalized spacial score (nSPS) is 13.4. The Morgan fingerprint density at radius 2 is 1.64 bits per heavy atom. The molecular weight excluding hydrogens is 474 g/mol. The third kappa shape index (κ3) is 4.24. The molecule has 0 aromatic heterocycles. The highest BCUT2D eigenvalue weighted by Gasteiger charge is 2.31. The molecule has 0 radical (unpaired) electrons. The van der Waals surface area contributed by atoms with Gasteiger partial charge in [-0.05, 0) is 59.2 Å². The summed E-state index contributed by atoms with van der Waals surface area (Å²) >= 11 is 0. The fraction of sp³-hybridized carbons (Fsp3) is 0.0357. The summed E-state index contributed by atoms with van der Waals surface area (Å²) in [5, 5.41) is 14.5. The third-order valence-electron chi connectivity index (χ3n) is 5.93. The number of hydrogen-bond acceptors (Lipinski definition) is 5. The standard InChI is InChI=1S/C28H19N3O4S/c29-16-19-4-3-5-21(14-19)20-10-8-18(9-11-20)17-30-27(32)22-12-13-26-24(15-22)31-28(33)23-6-1-2-7-25(23)36(26,34)35/h1-15H,17H2,(H,30,32)(H,31,33). The van der Waals surface area contributed by atoms with Gasteiger partial charge in [0.25, 0.3) is 11.8 Å². The van der Waals surface area contributed by atoms with E-state index in [1.54, 1.807) is 18.2 Å². The summed E-state index contributed by atoms with van der Waals surface area (Å²) in [6.07, 6.45) is 0. The minimum Gasteiger partial charge on any atom is -0.348 e. The lowest BCUT2D eigenvalue weighted by atomic mass is 10.0. The summed E-state index contributed by atoms with van der Waals surface area (Å²) in [5.41, 5.74) is 3.66. The number of nitrogens with one attached hydrogen (secondary N) is 2. The molecule has 5 rings (SSSR count). The first-order valence-corrected chi connectivity index (χ1v) is 12.5. The zero-order chi connectivity index (χ0) is 25.3. The highest BCUT2D eigenvalue weighted by molar-refractivity contribution is 7.91. The minimum absolute atomic E-state index is 0.0579. The van der Waals surface area contributed by atoms with Crippen LogP contribution in [0.3, 0.4) is 0 Å². The molecule has 4 aromatic carbocycles. The summed E-state index contributed by atoms with van der Waals surface area (Å²) in [5.74, 6) is -0.956. The highest BCUT2D eigenvalue weighted by atomic mass is 32.2. The van der Waals surface area contributed by atoms with Gasteiger partial charge in [0.15, 0.2) is 0 Å². The molecule has 176 valence electrons. The van der Waals surface area contributed by atoms with Gasteiger partial charge in [0.1, 0.15) is 0 Å². The van der Waals surface area contributed by atoms with Crippen molar-refractivity contribution in [2.75, 3.05) is 5.32 Å². The van der Waals surface area contributed by atoms with E-state index in [9.17, 15) is 18.0 Å². The third-order valence-corrected chi connectivity index (χ3v) is 7.80. The van der Waals surface area contributed by atoms with E-state index in [-0.39, 0.29) is 33.2 Å². The van der Waals surface area contributed by atoms with Crippen molar-refractivity contribution >= 4 is 27.3 Å². The average molecular weight is 494 g/mol. The summed E-state index contributed by atoms with van der Waals surface area (Å²) in [7, 11) is -3.93. The van der Waals surface area contributed by atoms with E-state index in [1.165, 1.54) is 30.3 Å². The predicted octanol–water partition coefficient (Wildman–Crippen LogP) is 4.55. The van der Waals surface area contributed by atoms with Gasteiger partial charge in [-0.3, -0.25) is 9.59 Å². The van der Waals surface area contributed by atoms with Crippen LogP contribution in [0.15, 0.2) is 101 Å². The van der Waals surface area contributed by atoms with Crippen LogP contribution < -0.4 is 10.6 Å². The zero-order valence-corrected chi connectivity index (χ0v) is 19.7. The van der Waals surface area contributed by atoms with Crippen molar-refractivity contribution in [3.63, 3.8) is 0 Å². The Balaban J connectivity index is 1.33. The Hall–Kier alpha value is -4.74. The van der Waals surface area contributed by atoms with Crippen molar-refractivity contribution in [2.24, 2.45) is 0 Å². The van der Waals surface area contributed by atoms with Gasteiger partial charge in [0, 0.05) is 12.1 Å². The second kappa shape index (κ2) is 9.13. The first-order chi connectivity index (χ1) is 17.4. The Labute approximate surface area is 207 Å². The van der Waals surface area contributed by atoms with Gasteiger partial charge >= 0.3 is 0 Å². The van der Waals surface area contributed by atoms with E-state index in [1.807, 2.05) is 42.5 Å². The molecule has 2 amide bonds. The lowest BCUT2D eigenvalue weighted by Gasteiger charge is -2.11. The van der Waals surface area contributed by atoms with Crippen LogP contribution in [0.25, 0.3) is 11.1 Å². The summed E-state index contributed by atoms with van der Waals surface area (Å²) in [6, 6.07) is 27.2. The smallest absolute Gasteiger partial charge is 0.257 e. The van der Waals surface area contributed by atoms with E-state index in [4.69, 9.17) is 5.26 Å². The maximum atomic E-state index is 13.1. The molecule has 0 saturated heterocycles. The summed E-state index contributed by atoms with van der Waals surface area (Å²) in [4.78, 5) is 25.3. The SMILES string of the molecule is N#Cc1cccc(-c2ccc(CNC(=O)c3ccc4c(c3)NC(=O)c3ccccc3S4(=O)=O)cc2)c1. The Morgan fingerprint density at radius 1 is 0.861 bits per heavy atom. The number of benzene rings is 4. The van der Waals surface area contributed by atoms with E-state index < -0.39 is 21.7 Å². The van der Waals surface area contributed by atoms with Crippen molar-refractivity contribution in [3.05, 3.63) is 113 Å². The molecule has 7 nitrogen and oxygen atoms in total. The van der Waals surface area contributed by atoms with Crippen LogP contribution in [-0.2, 0) is 16.4 Å². The predicted molar refractivity (Wildman–Crippen MR) is 134 cm³/mol. The van der Waals surface area contributed by atoms with Crippen LogP contribution in [0.1, 0.15) is 31.8 Å². The lowest BCUT2D eigenvalue weighted by Crippen LogP contribution is -2.23. The molecule has 0 unspecified atom stereocenters. The van der Waals surface area contributed by atoms with Crippen LogP contribution in [0.4, 0.5) is 5.69 Å². The second-order valence-electron chi connectivity index (χ2n) is 8.24. The molecule has 1 heterocycles. The Bertz CT molecular complexity index is 1670. The molecule has 1 aliphatic heterocycles. The average Bonchev–Trinajstić information content (AvgIpc) is 2.99. The topological polar surface area (TPSA) is 116 Å². The van der Waals surface area contributed by atoms with Gasteiger partial charge in [0.05, 0.1) is 32.7 Å². The molecule has 0 fully saturated rings. The zero-order valence-electron chi connectivity index (χ0n) is 18.9.